The lowest BCUT2D eigenvalue weighted by molar-refractivity contribution is -0.139. The minimum atomic E-state index is -0.697. The average molecular weight is 236 g/mol. The van der Waals surface area contributed by atoms with Crippen molar-refractivity contribution in [3.8, 4) is 0 Å². The number of carboxylic acids is 1. The van der Waals surface area contributed by atoms with Crippen molar-refractivity contribution < 1.29 is 9.90 Å². The highest BCUT2D eigenvalue weighted by atomic mass is 16.4. The van der Waals surface area contributed by atoms with Crippen LogP contribution in [0.15, 0.2) is 12.3 Å². The number of rotatable bonds is 4. The molecule has 0 amide bonds. The topological polar surface area (TPSA) is 55.1 Å². The van der Waals surface area contributed by atoms with E-state index in [2.05, 4.69) is 18.9 Å². The molecule has 0 aliphatic heterocycles. The Morgan fingerprint density at radius 2 is 2.24 bits per heavy atom. The third kappa shape index (κ3) is 1.96. The summed E-state index contributed by atoms with van der Waals surface area (Å²) in [6, 6.07) is 1.96. The number of carbonyl (C=O) groups is 1. The van der Waals surface area contributed by atoms with Crippen LogP contribution >= 0.6 is 0 Å². The summed E-state index contributed by atoms with van der Waals surface area (Å²) in [5, 5.41) is 13.5. The molecule has 94 valence electrons. The summed E-state index contributed by atoms with van der Waals surface area (Å²) >= 11 is 0. The molecule has 0 aromatic carbocycles. The normalized spacial score (nSPS) is 26.2. The van der Waals surface area contributed by atoms with E-state index in [1.807, 2.05) is 24.6 Å². The van der Waals surface area contributed by atoms with Gasteiger partial charge in [0.2, 0.25) is 0 Å². The standard InChI is InChI=1S/C13H20N2O2/c1-8(2)7-15-9(5-6-14-15)10-11(12(16)17)13(10,3)4/h5-6,8,10-11H,7H2,1-4H3,(H,16,17)/t10-,11+/m0/s1. The number of nitrogens with zero attached hydrogens (tertiary/aromatic N) is 2. The van der Waals surface area contributed by atoms with E-state index in [1.54, 1.807) is 6.20 Å². The largest absolute Gasteiger partial charge is 0.481 e. The van der Waals surface area contributed by atoms with E-state index in [0.717, 1.165) is 12.2 Å². The molecule has 0 saturated heterocycles. The minimum absolute atomic E-state index is 0.0984. The molecule has 0 bridgehead atoms. The van der Waals surface area contributed by atoms with Gasteiger partial charge in [-0.15, -0.1) is 0 Å². The van der Waals surface area contributed by atoms with Crippen LogP contribution in [0.25, 0.3) is 0 Å². The number of carboxylic acid groups (broad SMARTS) is 1. The smallest absolute Gasteiger partial charge is 0.307 e. The SMILES string of the molecule is CC(C)Cn1nccc1[C@H]1[C@H](C(=O)O)C1(C)C. The highest BCUT2D eigenvalue weighted by Gasteiger charge is 2.63. The molecule has 1 aromatic heterocycles. The third-order valence-corrected chi connectivity index (χ3v) is 3.70. The molecule has 1 saturated carbocycles. The van der Waals surface area contributed by atoms with Gasteiger partial charge in [0.25, 0.3) is 0 Å². The van der Waals surface area contributed by atoms with Gasteiger partial charge in [-0.1, -0.05) is 27.7 Å². The minimum Gasteiger partial charge on any atom is -0.481 e. The second kappa shape index (κ2) is 3.86. The summed E-state index contributed by atoms with van der Waals surface area (Å²) in [5.41, 5.74) is 0.914. The number of hydrogen-bond acceptors (Lipinski definition) is 2. The maximum Gasteiger partial charge on any atom is 0.307 e. The molecule has 2 rings (SSSR count). The summed E-state index contributed by atoms with van der Waals surface area (Å²) in [5.74, 6) is -0.359. The zero-order valence-corrected chi connectivity index (χ0v) is 10.8. The van der Waals surface area contributed by atoms with Crippen LogP contribution < -0.4 is 0 Å². The maximum absolute atomic E-state index is 11.2. The lowest BCUT2D eigenvalue weighted by Gasteiger charge is -2.10. The molecule has 1 N–H and O–H groups in total. The van der Waals surface area contributed by atoms with E-state index in [4.69, 9.17) is 0 Å². The van der Waals surface area contributed by atoms with Gasteiger partial charge in [0.05, 0.1) is 5.92 Å². The number of hydrogen-bond donors (Lipinski definition) is 1. The molecule has 1 aliphatic rings. The van der Waals surface area contributed by atoms with Gasteiger partial charge in [-0.3, -0.25) is 9.48 Å². The third-order valence-electron chi connectivity index (χ3n) is 3.70. The van der Waals surface area contributed by atoms with Crippen LogP contribution in [0.4, 0.5) is 0 Å². The van der Waals surface area contributed by atoms with E-state index in [1.165, 1.54) is 0 Å². The molecule has 1 aliphatic carbocycles. The molecule has 1 aromatic rings. The Labute approximate surface area is 102 Å². The molecule has 0 unspecified atom stereocenters. The predicted octanol–water partition coefficient (Wildman–Crippen LogP) is 2.36. The fraction of sp³-hybridized carbons (Fsp3) is 0.692. The average Bonchev–Trinajstić information content (AvgIpc) is 2.53. The summed E-state index contributed by atoms with van der Waals surface area (Å²) in [4.78, 5) is 11.2. The Balaban J connectivity index is 2.25. The summed E-state index contributed by atoms with van der Waals surface area (Å²) in [7, 11) is 0. The van der Waals surface area contributed by atoms with Crippen molar-refractivity contribution in [3.05, 3.63) is 18.0 Å². The molecule has 2 atom stereocenters. The monoisotopic (exact) mass is 236 g/mol. The Hall–Kier alpha value is -1.32. The molecule has 1 heterocycles. The van der Waals surface area contributed by atoms with Crippen molar-refractivity contribution in [1.29, 1.82) is 0 Å². The van der Waals surface area contributed by atoms with Crippen molar-refractivity contribution in [2.45, 2.75) is 40.2 Å². The Morgan fingerprint density at radius 3 is 2.71 bits per heavy atom. The second-order valence-electron chi connectivity index (χ2n) is 5.95. The quantitative estimate of drug-likeness (QED) is 0.873. The van der Waals surface area contributed by atoms with E-state index < -0.39 is 5.97 Å². The van der Waals surface area contributed by atoms with Crippen molar-refractivity contribution in [1.82, 2.24) is 9.78 Å². The van der Waals surface area contributed by atoms with E-state index in [9.17, 15) is 9.90 Å². The van der Waals surface area contributed by atoms with Crippen LogP contribution in [0, 0.1) is 17.3 Å². The fourth-order valence-electron chi connectivity index (χ4n) is 2.76. The van der Waals surface area contributed by atoms with E-state index >= 15 is 0 Å². The van der Waals surface area contributed by atoms with E-state index in [0.29, 0.717) is 5.92 Å². The lowest BCUT2D eigenvalue weighted by atomic mass is 10.1. The molecule has 17 heavy (non-hydrogen) atoms. The van der Waals surface area contributed by atoms with Crippen molar-refractivity contribution in [2.24, 2.45) is 17.3 Å². The first kappa shape index (κ1) is 12.1. The zero-order valence-electron chi connectivity index (χ0n) is 10.8. The van der Waals surface area contributed by atoms with Crippen LogP contribution in [-0.4, -0.2) is 20.9 Å². The molecular weight excluding hydrogens is 216 g/mol. The fourth-order valence-corrected chi connectivity index (χ4v) is 2.76. The molecule has 4 nitrogen and oxygen atoms in total. The molecule has 0 spiro atoms. The zero-order chi connectivity index (χ0) is 12.8. The van der Waals surface area contributed by atoms with Gasteiger partial charge in [0.1, 0.15) is 0 Å². The lowest BCUT2D eigenvalue weighted by Crippen LogP contribution is -2.10. The van der Waals surface area contributed by atoms with Gasteiger partial charge in [-0.05, 0) is 17.4 Å². The molecule has 4 heteroatoms. The highest BCUT2D eigenvalue weighted by molar-refractivity contribution is 5.77. The first-order chi connectivity index (χ1) is 7.85. The first-order valence-corrected chi connectivity index (χ1v) is 6.10. The molecule has 1 fully saturated rings. The first-order valence-electron chi connectivity index (χ1n) is 6.10. The van der Waals surface area contributed by atoms with Crippen molar-refractivity contribution in [2.75, 3.05) is 0 Å². The Kier molecular flexibility index (Phi) is 2.76. The van der Waals surface area contributed by atoms with Crippen LogP contribution in [0.3, 0.4) is 0 Å². The Bertz CT molecular complexity index is 434. The van der Waals surface area contributed by atoms with Gasteiger partial charge in [-0.2, -0.15) is 5.10 Å². The summed E-state index contributed by atoms with van der Waals surface area (Å²) < 4.78 is 1.96. The van der Waals surface area contributed by atoms with Crippen LogP contribution in [0.1, 0.15) is 39.3 Å². The molecular formula is C13H20N2O2. The number of aliphatic carboxylic acids is 1. The second-order valence-corrected chi connectivity index (χ2v) is 5.95. The summed E-state index contributed by atoms with van der Waals surface area (Å²) in [6.07, 6.45) is 1.77. The van der Waals surface area contributed by atoms with Gasteiger partial charge in [-0.25, -0.2) is 0 Å². The van der Waals surface area contributed by atoms with Gasteiger partial charge in [0, 0.05) is 24.4 Å². The van der Waals surface area contributed by atoms with Crippen molar-refractivity contribution in [3.63, 3.8) is 0 Å². The summed E-state index contributed by atoms with van der Waals surface area (Å²) in [6.45, 7) is 9.16. The maximum atomic E-state index is 11.2. The van der Waals surface area contributed by atoms with Gasteiger partial charge < -0.3 is 5.11 Å². The van der Waals surface area contributed by atoms with Crippen LogP contribution in [0.5, 0.6) is 0 Å². The van der Waals surface area contributed by atoms with E-state index in [-0.39, 0.29) is 17.3 Å². The van der Waals surface area contributed by atoms with Gasteiger partial charge >= 0.3 is 5.97 Å². The molecule has 0 radical (unpaired) electrons. The van der Waals surface area contributed by atoms with Crippen LogP contribution in [-0.2, 0) is 11.3 Å². The Morgan fingerprint density at radius 1 is 1.59 bits per heavy atom. The number of aromatic nitrogens is 2. The predicted molar refractivity (Wildman–Crippen MR) is 64.7 cm³/mol. The highest BCUT2D eigenvalue weighted by Crippen LogP contribution is 2.64. The van der Waals surface area contributed by atoms with Gasteiger partial charge in [0.15, 0.2) is 0 Å². The van der Waals surface area contributed by atoms with Crippen molar-refractivity contribution >= 4 is 5.97 Å². The van der Waals surface area contributed by atoms with Crippen LogP contribution in [0.2, 0.25) is 0 Å².